The summed E-state index contributed by atoms with van der Waals surface area (Å²) in [6.07, 6.45) is 0.823. The topological polar surface area (TPSA) is 87.5 Å². The number of aromatic nitrogens is 1. The predicted octanol–water partition coefficient (Wildman–Crippen LogP) is 2.33. The number of anilines is 3. The summed E-state index contributed by atoms with van der Waals surface area (Å²) in [5, 5.41) is 9.61. The minimum Gasteiger partial charge on any atom is -0.374 e. The molecule has 0 radical (unpaired) electrons. The number of amides is 2. The maximum atomic E-state index is 12.2. The lowest BCUT2D eigenvalue weighted by molar-refractivity contribution is -0.117. The quantitative estimate of drug-likeness (QED) is 0.899. The van der Waals surface area contributed by atoms with Gasteiger partial charge in [-0.3, -0.25) is 9.59 Å². The molecule has 2 amide bonds. The van der Waals surface area contributed by atoms with Gasteiger partial charge in [0, 0.05) is 30.9 Å². The molecule has 0 saturated heterocycles. The summed E-state index contributed by atoms with van der Waals surface area (Å²) in [7, 11) is 0. The molecule has 1 unspecified atom stereocenters. The van der Waals surface area contributed by atoms with Crippen molar-refractivity contribution in [3.63, 3.8) is 0 Å². The average Bonchev–Trinajstić information content (AvgIpc) is 3.12. The number of nitrogens with one attached hydrogen (secondary N) is 2. The first-order valence-electron chi connectivity index (χ1n) is 7.86. The lowest BCUT2D eigenvalue weighted by Crippen LogP contribution is -2.32. The highest BCUT2D eigenvalue weighted by atomic mass is 16.5. The van der Waals surface area contributed by atoms with Crippen molar-refractivity contribution in [3.05, 3.63) is 35.6 Å². The molecule has 2 heterocycles. The van der Waals surface area contributed by atoms with Gasteiger partial charge in [0.05, 0.1) is 0 Å². The number of benzene rings is 1. The predicted molar refractivity (Wildman–Crippen MR) is 91.1 cm³/mol. The summed E-state index contributed by atoms with van der Waals surface area (Å²) in [6, 6.07) is 7.01. The van der Waals surface area contributed by atoms with Crippen molar-refractivity contribution in [1.29, 1.82) is 0 Å². The molecule has 1 aromatic carbocycles. The maximum absolute atomic E-state index is 12.2. The van der Waals surface area contributed by atoms with Gasteiger partial charge in [-0.1, -0.05) is 5.16 Å². The molecule has 1 aliphatic heterocycles. The molecule has 2 aromatic rings. The molecule has 0 spiro atoms. The van der Waals surface area contributed by atoms with E-state index in [1.807, 2.05) is 18.2 Å². The summed E-state index contributed by atoms with van der Waals surface area (Å²) in [5.41, 5.74) is 2.90. The Balaban J connectivity index is 1.65. The second kappa shape index (κ2) is 6.35. The van der Waals surface area contributed by atoms with E-state index < -0.39 is 6.04 Å². The molecule has 2 N–H and O–H groups in total. The first kappa shape index (κ1) is 16.0. The summed E-state index contributed by atoms with van der Waals surface area (Å²) in [4.78, 5) is 25.5. The van der Waals surface area contributed by atoms with Gasteiger partial charge in [0.15, 0.2) is 5.82 Å². The molecule has 0 fully saturated rings. The smallest absolute Gasteiger partial charge is 0.247 e. The molecule has 1 aliphatic rings. The van der Waals surface area contributed by atoms with Gasteiger partial charge in [0.1, 0.15) is 11.8 Å². The van der Waals surface area contributed by atoms with Gasteiger partial charge in [0.25, 0.3) is 0 Å². The lowest BCUT2D eigenvalue weighted by Gasteiger charge is -2.17. The fraction of sp³-hybridized carbons (Fsp3) is 0.353. The zero-order valence-electron chi connectivity index (χ0n) is 13.9. The van der Waals surface area contributed by atoms with Crippen LogP contribution in [0.15, 0.2) is 28.8 Å². The van der Waals surface area contributed by atoms with E-state index in [0.29, 0.717) is 18.1 Å². The van der Waals surface area contributed by atoms with Gasteiger partial charge in [-0.15, -0.1) is 0 Å². The average molecular weight is 328 g/mol. The van der Waals surface area contributed by atoms with Crippen LogP contribution in [0.2, 0.25) is 0 Å². The minimum atomic E-state index is -0.439. The summed E-state index contributed by atoms with van der Waals surface area (Å²) < 4.78 is 4.93. The maximum Gasteiger partial charge on any atom is 0.247 e. The van der Waals surface area contributed by atoms with Crippen LogP contribution >= 0.6 is 0 Å². The van der Waals surface area contributed by atoms with Gasteiger partial charge in [-0.05, 0) is 44.0 Å². The van der Waals surface area contributed by atoms with Crippen LogP contribution in [-0.4, -0.2) is 29.6 Å². The number of rotatable bonds is 4. The van der Waals surface area contributed by atoms with Crippen LogP contribution in [0.4, 0.5) is 17.2 Å². The Labute approximate surface area is 140 Å². The van der Waals surface area contributed by atoms with Gasteiger partial charge in [-0.25, -0.2) is 0 Å². The van der Waals surface area contributed by atoms with E-state index in [1.165, 1.54) is 0 Å². The molecule has 7 heteroatoms. The molecule has 126 valence electrons. The molecule has 0 saturated carbocycles. The van der Waals surface area contributed by atoms with E-state index in [0.717, 1.165) is 23.4 Å². The summed E-state index contributed by atoms with van der Waals surface area (Å²) in [6.45, 7) is 5.81. The summed E-state index contributed by atoms with van der Waals surface area (Å²) >= 11 is 0. The number of nitrogens with zero attached hydrogens (tertiary/aromatic N) is 2. The number of hydrogen-bond donors (Lipinski definition) is 2. The third kappa shape index (κ3) is 3.24. The molecule has 0 aliphatic carbocycles. The first-order valence-corrected chi connectivity index (χ1v) is 7.86. The Morgan fingerprint density at radius 1 is 1.33 bits per heavy atom. The third-order valence-corrected chi connectivity index (χ3v) is 4.01. The van der Waals surface area contributed by atoms with Crippen molar-refractivity contribution in [3.8, 4) is 0 Å². The zero-order chi connectivity index (χ0) is 17.3. The fourth-order valence-electron chi connectivity index (χ4n) is 2.79. The van der Waals surface area contributed by atoms with E-state index in [9.17, 15) is 9.59 Å². The highest BCUT2D eigenvalue weighted by Crippen LogP contribution is 2.30. The molecule has 0 bridgehead atoms. The van der Waals surface area contributed by atoms with Crippen LogP contribution in [0.3, 0.4) is 0 Å². The number of carbonyl (C=O) groups is 2. The number of aryl methyl sites for hydroxylation is 1. The van der Waals surface area contributed by atoms with Gasteiger partial charge >= 0.3 is 0 Å². The number of carbonyl (C=O) groups excluding carboxylic acids is 2. The molecule has 7 nitrogen and oxygen atoms in total. The van der Waals surface area contributed by atoms with Gasteiger partial charge < -0.3 is 20.1 Å². The second-order valence-electron chi connectivity index (χ2n) is 5.94. The van der Waals surface area contributed by atoms with Crippen molar-refractivity contribution in [1.82, 2.24) is 5.16 Å². The van der Waals surface area contributed by atoms with Crippen molar-refractivity contribution < 1.29 is 14.1 Å². The van der Waals surface area contributed by atoms with Gasteiger partial charge in [-0.2, -0.15) is 0 Å². The van der Waals surface area contributed by atoms with E-state index in [2.05, 4.69) is 15.8 Å². The Hall–Kier alpha value is -2.83. The molecule has 24 heavy (non-hydrogen) atoms. The molecular weight excluding hydrogens is 308 g/mol. The van der Waals surface area contributed by atoms with E-state index in [1.54, 1.807) is 31.7 Å². The van der Waals surface area contributed by atoms with E-state index in [4.69, 9.17) is 4.52 Å². The van der Waals surface area contributed by atoms with Crippen molar-refractivity contribution in [2.75, 3.05) is 22.1 Å². The van der Waals surface area contributed by atoms with E-state index in [-0.39, 0.29) is 11.8 Å². The molecular formula is C17H20N4O3. The number of fused-ring (bicyclic) bond motifs is 1. The Bertz CT molecular complexity index is 784. The van der Waals surface area contributed by atoms with Gasteiger partial charge in [0.2, 0.25) is 11.8 Å². The van der Waals surface area contributed by atoms with Crippen LogP contribution in [0.1, 0.15) is 25.2 Å². The zero-order valence-corrected chi connectivity index (χ0v) is 13.9. The normalized spacial score (nSPS) is 14.2. The third-order valence-electron chi connectivity index (χ3n) is 4.01. The highest BCUT2D eigenvalue weighted by Gasteiger charge is 2.22. The fourth-order valence-corrected chi connectivity index (χ4v) is 2.79. The van der Waals surface area contributed by atoms with Crippen LogP contribution in [-0.2, 0) is 16.0 Å². The van der Waals surface area contributed by atoms with Crippen LogP contribution in [0.5, 0.6) is 0 Å². The molecule has 1 aromatic heterocycles. The van der Waals surface area contributed by atoms with Crippen LogP contribution in [0, 0.1) is 6.92 Å². The second-order valence-corrected chi connectivity index (χ2v) is 5.94. The van der Waals surface area contributed by atoms with Crippen molar-refractivity contribution in [2.24, 2.45) is 0 Å². The van der Waals surface area contributed by atoms with Crippen LogP contribution < -0.4 is 15.5 Å². The molecule has 3 rings (SSSR count). The van der Waals surface area contributed by atoms with Crippen molar-refractivity contribution >= 4 is 29.0 Å². The monoisotopic (exact) mass is 328 g/mol. The SMILES string of the molecule is CC(=O)N1CCc2cc(NC(C)C(=O)Nc3cc(C)on3)ccc21. The van der Waals surface area contributed by atoms with Crippen LogP contribution in [0.25, 0.3) is 0 Å². The largest absolute Gasteiger partial charge is 0.374 e. The lowest BCUT2D eigenvalue weighted by atomic mass is 10.1. The Kier molecular flexibility index (Phi) is 4.24. The Morgan fingerprint density at radius 3 is 2.79 bits per heavy atom. The Morgan fingerprint density at radius 2 is 2.12 bits per heavy atom. The van der Waals surface area contributed by atoms with Crippen molar-refractivity contribution in [2.45, 2.75) is 33.2 Å². The molecule has 1 atom stereocenters. The standard InChI is InChI=1S/C17H20N4O3/c1-10-8-16(20-24-10)19-17(23)11(2)18-14-4-5-15-13(9-14)6-7-21(15)12(3)22/h4-5,8-9,11,18H,6-7H2,1-3H3,(H,19,20,23). The number of hydrogen-bond acceptors (Lipinski definition) is 5. The first-order chi connectivity index (χ1) is 11.4. The summed E-state index contributed by atoms with van der Waals surface area (Å²) in [5.74, 6) is 0.885. The highest BCUT2D eigenvalue weighted by molar-refractivity contribution is 5.96. The minimum absolute atomic E-state index is 0.0464. The van der Waals surface area contributed by atoms with E-state index >= 15 is 0 Å².